The third kappa shape index (κ3) is 4.02. The Balaban J connectivity index is 1.53. The number of Topliss-reactive ketones (excluding diaryl/α,β-unsaturated/α-hetero) is 1. The van der Waals surface area contributed by atoms with Gasteiger partial charge in [0.25, 0.3) is 0 Å². The van der Waals surface area contributed by atoms with Crippen molar-refractivity contribution in [1.29, 1.82) is 0 Å². The molecule has 0 amide bonds. The fourth-order valence-corrected chi connectivity index (χ4v) is 7.07. The fourth-order valence-electron chi connectivity index (χ4n) is 7.07. The molecule has 0 aromatic rings. The summed E-state index contributed by atoms with van der Waals surface area (Å²) in [5.41, 5.74) is -0.344. The average Bonchev–Trinajstić information content (AvgIpc) is 2.97. The van der Waals surface area contributed by atoms with Gasteiger partial charge in [0.1, 0.15) is 6.10 Å². The SMILES string of the molecule is CC12CCC(OC(=O)C(F)(F)F)CC1=CCC1C2CCC2(C)C(OC(=O)C(F)(F)F)C(=O)CC12. The van der Waals surface area contributed by atoms with E-state index < -0.39 is 47.7 Å². The molecule has 3 saturated carbocycles. The van der Waals surface area contributed by atoms with Gasteiger partial charge in [0, 0.05) is 18.3 Å². The molecule has 0 spiro atoms. The van der Waals surface area contributed by atoms with Crippen LogP contribution in [-0.2, 0) is 23.9 Å². The van der Waals surface area contributed by atoms with E-state index >= 15 is 0 Å². The number of esters is 2. The summed E-state index contributed by atoms with van der Waals surface area (Å²) in [7, 11) is 0. The lowest BCUT2D eigenvalue weighted by Crippen LogP contribution is -2.52. The van der Waals surface area contributed by atoms with Crippen molar-refractivity contribution >= 4 is 17.7 Å². The van der Waals surface area contributed by atoms with Crippen LogP contribution in [0.1, 0.15) is 58.8 Å². The zero-order valence-electron chi connectivity index (χ0n) is 18.7. The molecule has 4 aliphatic carbocycles. The van der Waals surface area contributed by atoms with Gasteiger partial charge in [-0.05, 0) is 55.3 Å². The number of alkyl halides is 6. The molecule has 0 N–H and O–H groups in total. The predicted molar refractivity (Wildman–Crippen MR) is 104 cm³/mol. The molecule has 7 unspecified atom stereocenters. The van der Waals surface area contributed by atoms with Crippen LogP contribution in [0.5, 0.6) is 0 Å². The molecule has 0 aromatic carbocycles. The van der Waals surface area contributed by atoms with Crippen LogP contribution in [0, 0.1) is 28.6 Å². The van der Waals surface area contributed by atoms with Gasteiger partial charge in [-0.2, -0.15) is 26.3 Å². The molecule has 5 nitrogen and oxygen atoms in total. The highest BCUT2D eigenvalue weighted by molar-refractivity contribution is 5.90. The smallest absolute Gasteiger partial charge is 0.455 e. The molecule has 0 radical (unpaired) electrons. The highest BCUT2D eigenvalue weighted by Gasteiger charge is 2.63. The molecule has 0 aromatic heterocycles. The van der Waals surface area contributed by atoms with Crippen LogP contribution >= 0.6 is 0 Å². The molecule has 0 bridgehead atoms. The zero-order valence-corrected chi connectivity index (χ0v) is 18.7. The first-order valence-corrected chi connectivity index (χ1v) is 11.3. The van der Waals surface area contributed by atoms with Crippen LogP contribution in [0.15, 0.2) is 11.6 Å². The number of allylic oxidation sites excluding steroid dienone is 1. The van der Waals surface area contributed by atoms with E-state index in [2.05, 4.69) is 9.47 Å². The van der Waals surface area contributed by atoms with E-state index in [1.54, 1.807) is 6.92 Å². The van der Waals surface area contributed by atoms with Gasteiger partial charge in [-0.15, -0.1) is 0 Å². The van der Waals surface area contributed by atoms with Gasteiger partial charge in [0.05, 0.1) is 0 Å². The third-order valence-corrected chi connectivity index (χ3v) is 8.77. The predicted octanol–water partition coefficient (Wildman–Crippen LogP) is 5.08. The first-order chi connectivity index (χ1) is 15.6. The normalized spacial score (nSPS) is 39.9. The largest absolute Gasteiger partial charge is 0.490 e. The molecule has 190 valence electrons. The van der Waals surface area contributed by atoms with Crippen molar-refractivity contribution in [3.8, 4) is 0 Å². The second kappa shape index (κ2) is 7.98. The molecular weight excluding hydrogens is 470 g/mol. The minimum Gasteiger partial charge on any atom is -0.455 e. The van der Waals surface area contributed by atoms with E-state index in [1.165, 1.54) is 0 Å². The number of ketones is 1. The molecule has 34 heavy (non-hydrogen) atoms. The number of carbonyl (C=O) groups excluding carboxylic acids is 3. The van der Waals surface area contributed by atoms with Crippen LogP contribution in [0.2, 0.25) is 0 Å². The van der Waals surface area contributed by atoms with Gasteiger partial charge in [0.15, 0.2) is 11.9 Å². The van der Waals surface area contributed by atoms with Crippen molar-refractivity contribution in [2.75, 3.05) is 0 Å². The summed E-state index contributed by atoms with van der Waals surface area (Å²) < 4.78 is 85.4. The van der Waals surface area contributed by atoms with Crippen LogP contribution in [0.3, 0.4) is 0 Å². The van der Waals surface area contributed by atoms with Gasteiger partial charge in [-0.3, -0.25) is 4.79 Å². The van der Waals surface area contributed by atoms with E-state index in [9.17, 15) is 40.7 Å². The van der Waals surface area contributed by atoms with Crippen LogP contribution in [0.4, 0.5) is 26.3 Å². The van der Waals surface area contributed by atoms with E-state index in [4.69, 9.17) is 0 Å². The summed E-state index contributed by atoms with van der Waals surface area (Å²) in [5.74, 6) is -5.28. The summed E-state index contributed by atoms with van der Waals surface area (Å²) in [6.45, 7) is 3.74. The van der Waals surface area contributed by atoms with Crippen LogP contribution in [0.25, 0.3) is 0 Å². The maximum Gasteiger partial charge on any atom is 0.490 e. The number of ether oxygens (including phenoxy) is 2. The van der Waals surface area contributed by atoms with E-state index in [0.717, 1.165) is 5.57 Å². The quantitative estimate of drug-likeness (QED) is 0.303. The molecule has 0 saturated heterocycles. The standard InChI is InChI=1S/C23H26F6O5/c1-20-7-5-12(33-18(31)22(24,25)26)9-11(20)3-4-13-14(20)6-8-21(2)15(13)10-16(30)17(21)34-19(32)23(27,28)29/h3,12-15,17H,4-10H2,1-2H3. The van der Waals surface area contributed by atoms with E-state index in [-0.39, 0.29) is 42.4 Å². The first kappa shape index (κ1) is 25.0. The van der Waals surface area contributed by atoms with Gasteiger partial charge < -0.3 is 9.47 Å². The molecule has 4 rings (SSSR count). The maximum absolute atomic E-state index is 12.8. The Labute approximate surface area is 192 Å². The maximum atomic E-state index is 12.8. The van der Waals surface area contributed by atoms with Crippen molar-refractivity contribution in [3.05, 3.63) is 11.6 Å². The topological polar surface area (TPSA) is 69.7 Å². The van der Waals surface area contributed by atoms with E-state index in [0.29, 0.717) is 25.7 Å². The number of hydrogen-bond donors (Lipinski definition) is 0. The average molecular weight is 496 g/mol. The van der Waals surface area contributed by atoms with Crippen LogP contribution < -0.4 is 0 Å². The lowest BCUT2D eigenvalue weighted by Gasteiger charge is -2.57. The molecule has 7 atom stereocenters. The molecule has 4 aliphatic rings. The van der Waals surface area contributed by atoms with E-state index in [1.807, 2.05) is 13.0 Å². The Morgan fingerprint density at radius 2 is 1.53 bits per heavy atom. The number of carbonyl (C=O) groups is 3. The second-order valence-corrected chi connectivity index (χ2v) is 10.5. The minimum atomic E-state index is -5.18. The van der Waals surface area contributed by atoms with Crippen molar-refractivity contribution < 1.29 is 50.2 Å². The molecule has 11 heteroatoms. The lowest BCUT2D eigenvalue weighted by atomic mass is 9.48. The lowest BCUT2D eigenvalue weighted by molar-refractivity contribution is -0.211. The number of rotatable bonds is 2. The number of hydrogen-bond acceptors (Lipinski definition) is 5. The summed E-state index contributed by atoms with van der Waals surface area (Å²) in [5, 5.41) is 0. The molecular formula is C23H26F6O5. The Bertz CT molecular complexity index is 924. The molecule has 3 fully saturated rings. The molecule has 0 heterocycles. The first-order valence-electron chi connectivity index (χ1n) is 11.3. The van der Waals surface area contributed by atoms with Crippen molar-refractivity contribution in [2.24, 2.45) is 28.6 Å². The highest BCUT2D eigenvalue weighted by atomic mass is 19.4. The summed E-state index contributed by atoms with van der Waals surface area (Å²) in [6.07, 6.45) is -8.11. The van der Waals surface area contributed by atoms with Gasteiger partial charge in [-0.1, -0.05) is 25.5 Å². The van der Waals surface area contributed by atoms with Gasteiger partial charge in [-0.25, -0.2) is 9.59 Å². The molecule has 0 aliphatic heterocycles. The van der Waals surface area contributed by atoms with Gasteiger partial charge >= 0.3 is 24.3 Å². The summed E-state index contributed by atoms with van der Waals surface area (Å²) in [4.78, 5) is 35.4. The summed E-state index contributed by atoms with van der Waals surface area (Å²) >= 11 is 0. The van der Waals surface area contributed by atoms with Crippen LogP contribution in [-0.4, -0.2) is 42.3 Å². The van der Waals surface area contributed by atoms with Crippen molar-refractivity contribution in [1.82, 2.24) is 0 Å². The Morgan fingerprint density at radius 1 is 0.912 bits per heavy atom. The fraction of sp³-hybridized carbons (Fsp3) is 0.783. The minimum absolute atomic E-state index is 0.0263. The monoisotopic (exact) mass is 496 g/mol. The Morgan fingerprint density at radius 3 is 2.15 bits per heavy atom. The van der Waals surface area contributed by atoms with Gasteiger partial charge in [0.2, 0.25) is 0 Å². The van der Waals surface area contributed by atoms with Crippen molar-refractivity contribution in [2.45, 2.75) is 83.4 Å². The Hall–Kier alpha value is -2.07. The van der Waals surface area contributed by atoms with Crippen molar-refractivity contribution in [3.63, 3.8) is 0 Å². The second-order valence-electron chi connectivity index (χ2n) is 10.5. The highest BCUT2D eigenvalue weighted by Crippen LogP contribution is 2.64. The number of fused-ring (bicyclic) bond motifs is 5. The third-order valence-electron chi connectivity index (χ3n) is 8.77. The Kier molecular flexibility index (Phi) is 5.87. The number of halogens is 6. The zero-order chi connectivity index (χ0) is 25.3. The summed E-state index contributed by atoms with van der Waals surface area (Å²) in [6, 6.07) is 0.